The first-order valence-corrected chi connectivity index (χ1v) is 9.39. The molecule has 5 nitrogen and oxygen atoms in total. The van der Waals surface area contributed by atoms with E-state index in [-0.39, 0.29) is 17.6 Å². The van der Waals surface area contributed by atoms with Crippen LogP contribution in [0, 0.1) is 11.7 Å². The van der Waals surface area contributed by atoms with Gasteiger partial charge in [0.2, 0.25) is 5.91 Å². The Morgan fingerprint density at radius 3 is 2.50 bits per heavy atom. The number of amides is 1. The zero-order valence-corrected chi connectivity index (χ0v) is 15.4. The molecule has 1 atom stereocenters. The summed E-state index contributed by atoms with van der Waals surface area (Å²) in [5.74, 6) is 0.420. The van der Waals surface area contributed by atoms with Crippen molar-refractivity contribution in [1.29, 1.82) is 0 Å². The predicted octanol–water partition coefficient (Wildman–Crippen LogP) is 4.14. The summed E-state index contributed by atoms with van der Waals surface area (Å²) in [5.41, 5.74) is 2.33. The minimum atomic E-state index is -0.276. The van der Waals surface area contributed by atoms with Gasteiger partial charge in [0, 0.05) is 24.3 Å². The SMILES string of the molecule is O=C(Nc1ccccc1)C1CCCN(c2ccc(-c3ccc(F)cc3)nn2)C1. The number of rotatable bonds is 4. The number of benzene rings is 2. The Hall–Kier alpha value is -3.28. The van der Waals surface area contributed by atoms with Crippen LogP contribution in [0.1, 0.15) is 12.8 Å². The molecule has 0 radical (unpaired) electrons. The van der Waals surface area contributed by atoms with Crippen molar-refractivity contribution in [2.24, 2.45) is 5.92 Å². The Labute approximate surface area is 163 Å². The molecule has 2 aromatic carbocycles. The fourth-order valence-electron chi connectivity index (χ4n) is 3.43. The van der Waals surface area contributed by atoms with Crippen molar-refractivity contribution < 1.29 is 9.18 Å². The molecule has 1 amide bonds. The largest absolute Gasteiger partial charge is 0.354 e. The number of aromatic nitrogens is 2. The van der Waals surface area contributed by atoms with Crippen LogP contribution in [0.3, 0.4) is 0 Å². The number of hydrogen-bond acceptors (Lipinski definition) is 4. The number of carbonyl (C=O) groups is 1. The highest BCUT2D eigenvalue weighted by molar-refractivity contribution is 5.93. The highest BCUT2D eigenvalue weighted by atomic mass is 19.1. The fourth-order valence-corrected chi connectivity index (χ4v) is 3.43. The molecule has 0 spiro atoms. The van der Waals surface area contributed by atoms with E-state index in [0.717, 1.165) is 36.5 Å². The Morgan fingerprint density at radius 1 is 1.00 bits per heavy atom. The molecule has 1 N–H and O–H groups in total. The van der Waals surface area contributed by atoms with Gasteiger partial charge < -0.3 is 10.2 Å². The molecule has 4 rings (SSSR count). The van der Waals surface area contributed by atoms with Crippen LogP contribution in [-0.2, 0) is 4.79 Å². The second kappa shape index (κ2) is 8.17. The third-order valence-corrected chi connectivity index (χ3v) is 4.95. The maximum absolute atomic E-state index is 13.1. The van der Waals surface area contributed by atoms with Gasteiger partial charge in [0.1, 0.15) is 5.82 Å². The van der Waals surface area contributed by atoms with Crippen LogP contribution in [0.25, 0.3) is 11.3 Å². The summed E-state index contributed by atoms with van der Waals surface area (Å²) in [6.07, 6.45) is 1.78. The molecule has 1 unspecified atom stereocenters. The van der Waals surface area contributed by atoms with Gasteiger partial charge in [0.05, 0.1) is 11.6 Å². The smallest absolute Gasteiger partial charge is 0.229 e. The topological polar surface area (TPSA) is 58.1 Å². The molecule has 1 aliphatic rings. The standard InChI is InChI=1S/C22H21FN4O/c23-18-10-8-16(9-11-18)20-12-13-21(26-25-20)27-14-4-5-17(15-27)22(28)24-19-6-2-1-3-7-19/h1-3,6-13,17H,4-5,14-15H2,(H,24,28). The number of para-hydroxylation sites is 1. The van der Waals surface area contributed by atoms with Crippen molar-refractivity contribution in [1.82, 2.24) is 10.2 Å². The maximum atomic E-state index is 13.1. The number of nitrogens with zero attached hydrogens (tertiary/aromatic N) is 3. The van der Waals surface area contributed by atoms with E-state index in [9.17, 15) is 9.18 Å². The zero-order valence-electron chi connectivity index (χ0n) is 15.4. The van der Waals surface area contributed by atoms with Crippen molar-refractivity contribution in [2.75, 3.05) is 23.3 Å². The summed E-state index contributed by atoms with van der Waals surface area (Å²) in [4.78, 5) is 14.7. The van der Waals surface area contributed by atoms with E-state index in [1.54, 1.807) is 12.1 Å². The van der Waals surface area contributed by atoms with E-state index in [1.165, 1.54) is 12.1 Å². The van der Waals surface area contributed by atoms with Gasteiger partial charge in [-0.15, -0.1) is 10.2 Å². The molecule has 0 bridgehead atoms. The van der Waals surface area contributed by atoms with E-state index < -0.39 is 0 Å². The average molecular weight is 376 g/mol. The molecule has 1 aliphatic heterocycles. The van der Waals surface area contributed by atoms with E-state index in [1.807, 2.05) is 42.5 Å². The molecule has 1 aromatic heterocycles. The maximum Gasteiger partial charge on any atom is 0.229 e. The van der Waals surface area contributed by atoms with Crippen molar-refractivity contribution >= 4 is 17.4 Å². The fraction of sp³-hybridized carbons (Fsp3) is 0.227. The van der Waals surface area contributed by atoms with Gasteiger partial charge in [-0.25, -0.2) is 4.39 Å². The summed E-state index contributed by atoms with van der Waals surface area (Å²) in [5, 5.41) is 11.6. The lowest BCUT2D eigenvalue weighted by Crippen LogP contribution is -2.41. The minimum Gasteiger partial charge on any atom is -0.354 e. The van der Waals surface area contributed by atoms with E-state index in [0.29, 0.717) is 12.2 Å². The molecule has 3 aromatic rings. The number of piperidine rings is 1. The average Bonchev–Trinajstić information content (AvgIpc) is 2.75. The van der Waals surface area contributed by atoms with Crippen LogP contribution in [0.15, 0.2) is 66.7 Å². The van der Waals surface area contributed by atoms with E-state index >= 15 is 0 Å². The number of anilines is 2. The van der Waals surface area contributed by atoms with E-state index in [4.69, 9.17) is 0 Å². The van der Waals surface area contributed by atoms with Gasteiger partial charge in [0.15, 0.2) is 5.82 Å². The van der Waals surface area contributed by atoms with Gasteiger partial charge >= 0.3 is 0 Å². The van der Waals surface area contributed by atoms with Crippen molar-refractivity contribution in [2.45, 2.75) is 12.8 Å². The summed E-state index contributed by atoms with van der Waals surface area (Å²) >= 11 is 0. The van der Waals surface area contributed by atoms with Crippen LogP contribution >= 0.6 is 0 Å². The number of nitrogens with one attached hydrogen (secondary N) is 1. The Morgan fingerprint density at radius 2 is 1.79 bits per heavy atom. The van der Waals surface area contributed by atoms with Crippen molar-refractivity contribution in [3.63, 3.8) is 0 Å². The minimum absolute atomic E-state index is 0.0341. The van der Waals surface area contributed by atoms with Crippen LogP contribution < -0.4 is 10.2 Å². The first-order chi connectivity index (χ1) is 13.7. The summed E-state index contributed by atoms with van der Waals surface area (Å²) in [6.45, 7) is 1.46. The molecule has 0 aliphatic carbocycles. The number of hydrogen-bond donors (Lipinski definition) is 1. The van der Waals surface area contributed by atoms with Crippen LogP contribution in [0.2, 0.25) is 0 Å². The van der Waals surface area contributed by atoms with Crippen LogP contribution in [0.5, 0.6) is 0 Å². The molecule has 142 valence electrons. The number of halogens is 1. The highest BCUT2D eigenvalue weighted by Crippen LogP contribution is 2.24. The zero-order chi connectivity index (χ0) is 19.3. The Balaban J connectivity index is 1.42. The van der Waals surface area contributed by atoms with Crippen molar-refractivity contribution in [3.05, 3.63) is 72.5 Å². The predicted molar refractivity (Wildman–Crippen MR) is 107 cm³/mol. The highest BCUT2D eigenvalue weighted by Gasteiger charge is 2.26. The van der Waals surface area contributed by atoms with Gasteiger partial charge in [-0.2, -0.15) is 0 Å². The second-order valence-electron chi connectivity index (χ2n) is 6.92. The molecular weight excluding hydrogens is 355 g/mol. The van der Waals surface area contributed by atoms with Gasteiger partial charge in [-0.05, 0) is 61.4 Å². The Kier molecular flexibility index (Phi) is 5.28. The summed E-state index contributed by atoms with van der Waals surface area (Å²) < 4.78 is 13.1. The molecule has 28 heavy (non-hydrogen) atoms. The lowest BCUT2D eigenvalue weighted by Gasteiger charge is -2.32. The second-order valence-corrected chi connectivity index (χ2v) is 6.92. The summed E-state index contributed by atoms with van der Waals surface area (Å²) in [7, 11) is 0. The molecule has 1 fully saturated rings. The normalized spacial score (nSPS) is 16.6. The third kappa shape index (κ3) is 4.17. The third-order valence-electron chi connectivity index (χ3n) is 4.95. The van der Waals surface area contributed by atoms with Gasteiger partial charge in [0.25, 0.3) is 0 Å². The lowest BCUT2D eigenvalue weighted by atomic mass is 9.97. The first-order valence-electron chi connectivity index (χ1n) is 9.39. The number of carbonyl (C=O) groups excluding carboxylic acids is 1. The molecule has 1 saturated heterocycles. The van der Waals surface area contributed by atoms with E-state index in [2.05, 4.69) is 20.4 Å². The first kappa shape index (κ1) is 18.1. The van der Waals surface area contributed by atoms with Crippen LogP contribution in [-0.4, -0.2) is 29.2 Å². The van der Waals surface area contributed by atoms with Gasteiger partial charge in [-0.1, -0.05) is 18.2 Å². The summed E-state index contributed by atoms with van der Waals surface area (Å²) in [6, 6.07) is 19.5. The molecular formula is C22H21FN4O. The lowest BCUT2D eigenvalue weighted by molar-refractivity contribution is -0.120. The van der Waals surface area contributed by atoms with Gasteiger partial charge in [-0.3, -0.25) is 4.79 Å². The molecule has 0 saturated carbocycles. The quantitative estimate of drug-likeness (QED) is 0.744. The van der Waals surface area contributed by atoms with Crippen LogP contribution in [0.4, 0.5) is 15.9 Å². The van der Waals surface area contributed by atoms with Crippen molar-refractivity contribution in [3.8, 4) is 11.3 Å². The molecule has 6 heteroatoms. The monoisotopic (exact) mass is 376 g/mol. The molecule has 2 heterocycles. The Bertz CT molecular complexity index is 929.